The van der Waals surface area contributed by atoms with Gasteiger partial charge in [-0.1, -0.05) is 6.92 Å². The third-order valence-corrected chi connectivity index (χ3v) is 5.29. The van der Waals surface area contributed by atoms with Crippen molar-refractivity contribution in [2.75, 3.05) is 11.5 Å². The Kier molecular flexibility index (Phi) is 5.85. The van der Waals surface area contributed by atoms with E-state index in [9.17, 15) is 8.42 Å². The van der Waals surface area contributed by atoms with E-state index in [1.165, 1.54) is 18.2 Å². The number of benzene rings is 1. The second kappa shape index (κ2) is 6.94. The van der Waals surface area contributed by atoms with Gasteiger partial charge in [0.05, 0.1) is 16.5 Å². The van der Waals surface area contributed by atoms with Crippen molar-refractivity contribution in [1.29, 1.82) is 5.26 Å². The number of nitrogens with one attached hydrogen (secondary N) is 1. The molecule has 0 spiro atoms. The summed E-state index contributed by atoms with van der Waals surface area (Å²) >= 11 is 1.69. The van der Waals surface area contributed by atoms with E-state index in [0.29, 0.717) is 11.1 Å². The topological polar surface area (TPSA) is 70.0 Å². The molecule has 0 heterocycles. The van der Waals surface area contributed by atoms with Crippen molar-refractivity contribution >= 4 is 21.8 Å². The Labute approximate surface area is 119 Å². The van der Waals surface area contributed by atoms with Crippen molar-refractivity contribution in [2.45, 2.75) is 31.7 Å². The van der Waals surface area contributed by atoms with Crippen LogP contribution in [0, 0.1) is 18.3 Å². The number of thioether (sulfide) groups is 1. The van der Waals surface area contributed by atoms with Gasteiger partial charge in [-0.3, -0.25) is 0 Å². The smallest absolute Gasteiger partial charge is 0.208 e. The van der Waals surface area contributed by atoms with Crippen molar-refractivity contribution in [2.24, 2.45) is 0 Å². The van der Waals surface area contributed by atoms with Crippen LogP contribution in [0.15, 0.2) is 23.1 Å². The third-order valence-electron chi connectivity index (χ3n) is 2.56. The first-order valence-corrected chi connectivity index (χ1v) is 8.65. The van der Waals surface area contributed by atoms with Crippen molar-refractivity contribution in [3.63, 3.8) is 0 Å². The first-order valence-electron chi connectivity index (χ1n) is 6.01. The highest BCUT2D eigenvalue weighted by molar-refractivity contribution is 7.99. The van der Waals surface area contributed by atoms with Crippen LogP contribution >= 0.6 is 11.8 Å². The largest absolute Gasteiger partial charge is 0.240 e. The third kappa shape index (κ3) is 4.53. The van der Waals surface area contributed by atoms with E-state index in [-0.39, 0.29) is 10.9 Å². The van der Waals surface area contributed by atoms with Gasteiger partial charge in [0, 0.05) is 11.8 Å². The average molecular weight is 298 g/mol. The maximum atomic E-state index is 12.2. The molecule has 0 aliphatic rings. The minimum absolute atomic E-state index is 0.120. The number of rotatable bonds is 6. The predicted molar refractivity (Wildman–Crippen MR) is 78.7 cm³/mol. The molecule has 6 heteroatoms. The van der Waals surface area contributed by atoms with E-state index in [1.807, 2.05) is 19.9 Å². The molecule has 0 radical (unpaired) electrons. The van der Waals surface area contributed by atoms with Crippen LogP contribution < -0.4 is 4.72 Å². The molecule has 1 unspecified atom stereocenters. The number of sulfonamides is 1. The fraction of sp³-hybridized carbons (Fsp3) is 0.462. The second-order valence-electron chi connectivity index (χ2n) is 4.27. The van der Waals surface area contributed by atoms with Gasteiger partial charge in [0.2, 0.25) is 10.0 Å². The molecule has 0 fully saturated rings. The van der Waals surface area contributed by atoms with Crippen molar-refractivity contribution in [3.05, 3.63) is 29.3 Å². The summed E-state index contributed by atoms with van der Waals surface area (Å²) in [6.45, 7) is 5.61. The molecule has 1 rings (SSSR count). The zero-order chi connectivity index (χ0) is 14.5. The molecule has 1 aromatic carbocycles. The molecule has 1 atom stereocenters. The SMILES string of the molecule is CCSCC(C)NS(=O)(=O)c1ccc(C#N)c(C)c1. The van der Waals surface area contributed by atoms with Crippen LogP contribution in [0.3, 0.4) is 0 Å². The lowest BCUT2D eigenvalue weighted by Crippen LogP contribution is -2.34. The van der Waals surface area contributed by atoms with Gasteiger partial charge in [0.25, 0.3) is 0 Å². The molecule has 19 heavy (non-hydrogen) atoms. The Morgan fingerprint density at radius 2 is 2.16 bits per heavy atom. The van der Waals surface area contributed by atoms with Crippen LogP contribution in [0.2, 0.25) is 0 Å². The van der Waals surface area contributed by atoms with Gasteiger partial charge in [-0.15, -0.1) is 0 Å². The van der Waals surface area contributed by atoms with Gasteiger partial charge in [-0.25, -0.2) is 13.1 Å². The van der Waals surface area contributed by atoms with Crippen LogP contribution in [0.25, 0.3) is 0 Å². The molecule has 1 N–H and O–H groups in total. The Morgan fingerprint density at radius 3 is 2.68 bits per heavy atom. The molecular weight excluding hydrogens is 280 g/mol. The van der Waals surface area contributed by atoms with Gasteiger partial charge in [0.1, 0.15) is 0 Å². The summed E-state index contributed by atoms with van der Waals surface area (Å²) in [6, 6.07) is 6.44. The number of hydrogen-bond donors (Lipinski definition) is 1. The lowest BCUT2D eigenvalue weighted by Gasteiger charge is -2.14. The van der Waals surface area contributed by atoms with Crippen LogP contribution in [0.1, 0.15) is 25.0 Å². The van der Waals surface area contributed by atoms with E-state index in [0.717, 1.165) is 11.5 Å². The number of nitrogens with zero attached hydrogens (tertiary/aromatic N) is 1. The van der Waals surface area contributed by atoms with Crippen LogP contribution in [0.4, 0.5) is 0 Å². The lowest BCUT2D eigenvalue weighted by atomic mass is 10.1. The summed E-state index contributed by atoms with van der Waals surface area (Å²) in [5, 5.41) is 8.84. The molecule has 0 saturated heterocycles. The van der Waals surface area contributed by atoms with Gasteiger partial charge in [-0.05, 0) is 43.4 Å². The summed E-state index contributed by atoms with van der Waals surface area (Å²) in [4.78, 5) is 0.206. The predicted octanol–water partition coefficient (Wildman–Crippen LogP) is 2.29. The van der Waals surface area contributed by atoms with E-state index in [2.05, 4.69) is 4.72 Å². The Hall–Kier alpha value is -1.03. The minimum atomic E-state index is -3.51. The van der Waals surface area contributed by atoms with Crippen LogP contribution in [-0.2, 0) is 10.0 Å². The zero-order valence-electron chi connectivity index (χ0n) is 11.3. The lowest BCUT2D eigenvalue weighted by molar-refractivity contribution is 0.571. The Bertz CT molecular complexity index is 577. The maximum Gasteiger partial charge on any atom is 0.240 e. The van der Waals surface area contributed by atoms with E-state index >= 15 is 0 Å². The van der Waals surface area contributed by atoms with Gasteiger partial charge < -0.3 is 0 Å². The van der Waals surface area contributed by atoms with Crippen LogP contribution in [-0.4, -0.2) is 26.0 Å². The molecule has 1 aromatic rings. The summed E-state index contributed by atoms with van der Waals surface area (Å²) in [5.74, 6) is 1.70. The highest BCUT2D eigenvalue weighted by atomic mass is 32.2. The molecular formula is C13H18N2O2S2. The van der Waals surface area contributed by atoms with Crippen molar-refractivity contribution < 1.29 is 8.42 Å². The minimum Gasteiger partial charge on any atom is -0.208 e. The quantitative estimate of drug-likeness (QED) is 0.874. The van der Waals surface area contributed by atoms with E-state index in [4.69, 9.17) is 5.26 Å². The normalized spacial score (nSPS) is 12.9. The first kappa shape index (κ1) is 16.0. The van der Waals surface area contributed by atoms with Crippen molar-refractivity contribution in [3.8, 4) is 6.07 Å². The second-order valence-corrected chi connectivity index (χ2v) is 7.30. The summed E-state index contributed by atoms with van der Waals surface area (Å²) in [5.41, 5.74) is 1.16. The fourth-order valence-corrected chi connectivity index (χ4v) is 3.70. The maximum absolute atomic E-state index is 12.2. The monoisotopic (exact) mass is 298 g/mol. The van der Waals surface area contributed by atoms with Crippen molar-refractivity contribution in [1.82, 2.24) is 4.72 Å². The molecule has 0 aliphatic heterocycles. The first-order chi connectivity index (χ1) is 8.90. The summed E-state index contributed by atoms with van der Waals surface area (Å²) in [6.07, 6.45) is 0. The number of aryl methyl sites for hydroxylation is 1. The highest BCUT2D eigenvalue weighted by Crippen LogP contribution is 2.15. The molecule has 0 aromatic heterocycles. The zero-order valence-corrected chi connectivity index (χ0v) is 12.9. The number of hydrogen-bond acceptors (Lipinski definition) is 4. The Balaban J connectivity index is 2.89. The molecule has 104 valence electrons. The summed E-state index contributed by atoms with van der Waals surface area (Å²) in [7, 11) is -3.51. The van der Waals surface area contributed by atoms with E-state index in [1.54, 1.807) is 18.7 Å². The fourth-order valence-electron chi connectivity index (χ4n) is 1.59. The molecule has 0 aliphatic carbocycles. The van der Waals surface area contributed by atoms with Gasteiger partial charge >= 0.3 is 0 Å². The summed E-state index contributed by atoms with van der Waals surface area (Å²) < 4.78 is 26.9. The number of nitriles is 1. The Morgan fingerprint density at radius 1 is 1.47 bits per heavy atom. The van der Waals surface area contributed by atoms with Crippen LogP contribution in [0.5, 0.6) is 0 Å². The highest BCUT2D eigenvalue weighted by Gasteiger charge is 2.17. The molecule has 0 saturated carbocycles. The molecule has 0 amide bonds. The van der Waals surface area contributed by atoms with Gasteiger partial charge in [0.15, 0.2) is 0 Å². The van der Waals surface area contributed by atoms with Gasteiger partial charge in [-0.2, -0.15) is 17.0 Å². The average Bonchev–Trinajstić information content (AvgIpc) is 2.35. The molecule has 0 bridgehead atoms. The molecule has 4 nitrogen and oxygen atoms in total. The standard InChI is InChI=1S/C13H18N2O2S2/c1-4-18-9-11(3)15-19(16,17)13-6-5-12(8-14)10(2)7-13/h5-7,11,15H,4,9H2,1-3H3. The van der Waals surface area contributed by atoms with E-state index < -0.39 is 10.0 Å².